The van der Waals surface area contributed by atoms with Gasteiger partial charge >= 0.3 is 0 Å². The van der Waals surface area contributed by atoms with E-state index in [0.29, 0.717) is 63.4 Å². The summed E-state index contributed by atoms with van der Waals surface area (Å²) in [5.74, 6) is 0.378. The second-order valence-electron chi connectivity index (χ2n) is 8.69. The molecule has 1 fully saturated rings. The number of methoxy groups -OCH3 is 1. The number of H-pyrrole nitrogens is 1. The summed E-state index contributed by atoms with van der Waals surface area (Å²) in [6.45, 7) is 7.17. The minimum absolute atomic E-state index is 0.0258. The van der Waals surface area contributed by atoms with Gasteiger partial charge < -0.3 is 19.4 Å². The van der Waals surface area contributed by atoms with E-state index in [1.807, 2.05) is 14.0 Å². The third-order valence-corrected chi connectivity index (χ3v) is 8.02. The van der Waals surface area contributed by atoms with Crippen molar-refractivity contribution in [1.82, 2.24) is 33.9 Å². The van der Waals surface area contributed by atoms with Gasteiger partial charge in [-0.05, 0) is 26.5 Å². The van der Waals surface area contributed by atoms with Crippen LogP contribution in [0.2, 0.25) is 0 Å². The molecule has 0 aromatic carbocycles. The number of likely N-dealkylation sites (N-methyl/N-ethyl adjacent to an activating group) is 1. The quantitative estimate of drug-likeness (QED) is 0.418. The van der Waals surface area contributed by atoms with E-state index in [1.54, 1.807) is 18.7 Å². The highest BCUT2D eigenvalue weighted by molar-refractivity contribution is 7.89. The molecule has 0 atom stereocenters. The summed E-state index contributed by atoms with van der Waals surface area (Å²) in [7, 11) is -0.215. The van der Waals surface area contributed by atoms with Gasteiger partial charge in [0, 0.05) is 33.3 Å². The van der Waals surface area contributed by atoms with Gasteiger partial charge in [0.15, 0.2) is 5.52 Å². The fourth-order valence-electron chi connectivity index (χ4n) is 4.21. The lowest BCUT2D eigenvalue weighted by Crippen LogP contribution is -2.47. The van der Waals surface area contributed by atoms with Crippen molar-refractivity contribution in [3.8, 4) is 17.3 Å². The van der Waals surface area contributed by atoms with Gasteiger partial charge in [-0.3, -0.25) is 9.48 Å². The van der Waals surface area contributed by atoms with Gasteiger partial charge in [-0.15, -0.1) is 0 Å². The van der Waals surface area contributed by atoms with Crippen LogP contribution in [0.3, 0.4) is 0 Å². The Morgan fingerprint density at radius 3 is 2.56 bits per heavy atom. The number of nitrogens with zero attached hydrogens (tertiary/aromatic N) is 6. The third kappa shape index (κ3) is 5.14. The Morgan fingerprint density at radius 1 is 1.14 bits per heavy atom. The highest BCUT2D eigenvalue weighted by Gasteiger charge is 2.29. The molecular weight excluding hydrogens is 486 g/mol. The second kappa shape index (κ2) is 11.0. The van der Waals surface area contributed by atoms with E-state index in [9.17, 15) is 13.2 Å². The highest BCUT2D eigenvalue weighted by Crippen LogP contribution is 2.30. The number of fused-ring (bicyclic) bond motifs is 1. The molecule has 0 unspecified atom stereocenters. The molecule has 4 heterocycles. The lowest BCUT2D eigenvalue weighted by Gasteiger charge is -2.31. The molecule has 0 radical (unpaired) electrons. The smallest absolute Gasteiger partial charge is 0.279 e. The molecule has 3 aromatic rings. The molecule has 3 aromatic heterocycles. The van der Waals surface area contributed by atoms with E-state index in [2.05, 4.69) is 20.0 Å². The fraction of sp³-hybridized carbons (Fsp3) is 0.565. The van der Waals surface area contributed by atoms with Gasteiger partial charge in [-0.25, -0.2) is 18.4 Å². The van der Waals surface area contributed by atoms with Crippen LogP contribution in [0.5, 0.6) is 5.88 Å². The average Bonchev–Trinajstić information content (AvgIpc) is 3.21. The molecule has 0 spiro atoms. The monoisotopic (exact) mass is 519 g/mol. The number of aromatic nitrogens is 5. The number of aromatic amines is 1. The van der Waals surface area contributed by atoms with Crippen LogP contribution in [0.4, 0.5) is 0 Å². The molecule has 196 valence electrons. The number of pyridine rings is 1. The van der Waals surface area contributed by atoms with E-state index in [1.165, 1.54) is 16.6 Å². The second-order valence-corrected chi connectivity index (χ2v) is 10.6. The molecule has 0 saturated carbocycles. The van der Waals surface area contributed by atoms with Gasteiger partial charge in [0.1, 0.15) is 16.2 Å². The highest BCUT2D eigenvalue weighted by atomic mass is 32.2. The summed E-state index contributed by atoms with van der Waals surface area (Å²) >= 11 is 0. The van der Waals surface area contributed by atoms with Crippen molar-refractivity contribution in [1.29, 1.82) is 0 Å². The molecule has 1 aliphatic rings. The van der Waals surface area contributed by atoms with E-state index >= 15 is 0 Å². The first-order chi connectivity index (χ1) is 17.3. The molecule has 0 aliphatic carbocycles. The lowest BCUT2D eigenvalue weighted by atomic mass is 10.2. The zero-order chi connectivity index (χ0) is 25.9. The molecule has 12 nitrogen and oxygen atoms in total. The Hall–Kier alpha value is -2.87. The van der Waals surface area contributed by atoms with Gasteiger partial charge in [0.05, 0.1) is 37.2 Å². The van der Waals surface area contributed by atoms with E-state index < -0.39 is 15.6 Å². The number of aryl methyl sites for hydroxylation is 1. The predicted octanol–water partition coefficient (Wildman–Crippen LogP) is 1.12. The number of ether oxygens (including phenoxy) is 2. The Morgan fingerprint density at radius 2 is 1.89 bits per heavy atom. The maximum atomic E-state index is 13.4. The topological polar surface area (TPSA) is 136 Å². The van der Waals surface area contributed by atoms with E-state index in [-0.39, 0.29) is 22.1 Å². The van der Waals surface area contributed by atoms with Crippen molar-refractivity contribution in [2.75, 3.05) is 53.6 Å². The molecule has 1 aliphatic heterocycles. The first-order valence-corrected chi connectivity index (χ1v) is 13.5. The summed E-state index contributed by atoms with van der Waals surface area (Å²) < 4.78 is 40.8. The van der Waals surface area contributed by atoms with Crippen LogP contribution in [0, 0.1) is 0 Å². The van der Waals surface area contributed by atoms with Crippen LogP contribution < -0.4 is 10.3 Å². The van der Waals surface area contributed by atoms with Crippen LogP contribution in [0.1, 0.15) is 26.0 Å². The van der Waals surface area contributed by atoms with Crippen molar-refractivity contribution in [2.24, 2.45) is 0 Å². The standard InChI is InChI=1S/C23H33N7O5S/c1-5-7-18-19-20(27-30(18)12-13-34-4)22(31)26-21(25-19)17-14-16(15-24-23(17)35-6-2)36(32,33)29-10-8-28(3)9-11-29/h14-15H,5-13H2,1-4H3,(H,25,26,31). The number of sulfonamides is 1. The van der Waals surface area contributed by atoms with Gasteiger partial charge in [-0.1, -0.05) is 13.3 Å². The Balaban J connectivity index is 1.84. The number of nitrogens with one attached hydrogen (secondary N) is 1. The maximum absolute atomic E-state index is 13.4. The molecule has 13 heteroatoms. The zero-order valence-corrected chi connectivity index (χ0v) is 22.0. The van der Waals surface area contributed by atoms with Crippen LogP contribution in [0.25, 0.3) is 22.4 Å². The van der Waals surface area contributed by atoms with Crippen LogP contribution in [0.15, 0.2) is 22.0 Å². The first-order valence-electron chi connectivity index (χ1n) is 12.1. The van der Waals surface area contributed by atoms with Crippen LogP contribution in [-0.4, -0.2) is 95.9 Å². The maximum Gasteiger partial charge on any atom is 0.279 e. The van der Waals surface area contributed by atoms with Crippen molar-refractivity contribution in [2.45, 2.75) is 38.1 Å². The summed E-state index contributed by atoms with van der Waals surface area (Å²) in [5, 5.41) is 4.46. The number of hydrogen-bond donors (Lipinski definition) is 1. The largest absolute Gasteiger partial charge is 0.477 e. The average molecular weight is 520 g/mol. The van der Waals surface area contributed by atoms with Gasteiger partial charge in [0.25, 0.3) is 5.56 Å². The normalized spacial score (nSPS) is 15.6. The summed E-state index contributed by atoms with van der Waals surface area (Å²) in [4.78, 5) is 26.9. The molecule has 0 bridgehead atoms. The molecular formula is C23H33N7O5S. The number of piperazine rings is 1. The van der Waals surface area contributed by atoms with Gasteiger partial charge in [-0.2, -0.15) is 9.40 Å². The third-order valence-electron chi connectivity index (χ3n) is 6.16. The van der Waals surface area contributed by atoms with Crippen molar-refractivity contribution < 1.29 is 17.9 Å². The zero-order valence-electron chi connectivity index (χ0n) is 21.2. The SMILES string of the molecule is CCCc1c2nc(-c3cc(S(=O)(=O)N4CCN(C)CC4)cnc3OCC)[nH]c(=O)c2nn1CCOC. The Labute approximate surface area is 210 Å². The number of hydrogen-bond acceptors (Lipinski definition) is 9. The summed E-state index contributed by atoms with van der Waals surface area (Å²) in [6, 6.07) is 1.48. The first kappa shape index (κ1) is 26.2. The predicted molar refractivity (Wildman–Crippen MR) is 135 cm³/mol. The van der Waals surface area contributed by atoms with Crippen molar-refractivity contribution in [3.05, 3.63) is 28.3 Å². The lowest BCUT2D eigenvalue weighted by molar-refractivity contribution is 0.182. The molecule has 4 rings (SSSR count). The van der Waals surface area contributed by atoms with Crippen molar-refractivity contribution >= 4 is 21.1 Å². The minimum atomic E-state index is -3.78. The minimum Gasteiger partial charge on any atom is -0.477 e. The molecule has 36 heavy (non-hydrogen) atoms. The number of rotatable bonds is 10. The summed E-state index contributed by atoms with van der Waals surface area (Å²) in [5.41, 5.74) is 1.41. The Bertz CT molecular complexity index is 1380. The van der Waals surface area contributed by atoms with Crippen LogP contribution in [-0.2, 0) is 27.7 Å². The van der Waals surface area contributed by atoms with Gasteiger partial charge in [0.2, 0.25) is 15.9 Å². The molecule has 1 saturated heterocycles. The van der Waals surface area contributed by atoms with Crippen molar-refractivity contribution in [3.63, 3.8) is 0 Å². The summed E-state index contributed by atoms with van der Waals surface area (Å²) in [6.07, 6.45) is 2.80. The van der Waals surface area contributed by atoms with E-state index in [0.717, 1.165) is 12.1 Å². The molecule has 0 amide bonds. The Kier molecular flexibility index (Phi) is 8.03. The van der Waals surface area contributed by atoms with E-state index in [4.69, 9.17) is 14.5 Å². The van der Waals surface area contributed by atoms with Crippen LogP contribution >= 0.6 is 0 Å². The fourth-order valence-corrected chi connectivity index (χ4v) is 5.61. The molecule has 1 N–H and O–H groups in total.